The zero-order chi connectivity index (χ0) is 38.0. The molecule has 270 valence electrons. The SMILES string of the molecule is c1ccc(-c2cc(-c3ccccc3)nc(-n3c4ccccc4c4c5c(ccc43)C3(c4ccccc4S5)c4ccccc4-n4c5ccccc5c5cccc3c54)c2)cc1. The normalized spacial score (nSPS) is 15.2. The molecule has 1 atom stereocenters. The summed E-state index contributed by atoms with van der Waals surface area (Å²) in [6, 6.07) is 73.5. The topological polar surface area (TPSA) is 22.8 Å². The number of benzene rings is 8. The number of pyridine rings is 1. The molecule has 2 aliphatic rings. The number of aromatic nitrogens is 3. The average Bonchev–Trinajstić information content (AvgIpc) is 3.82. The Hall–Kier alpha value is -7.14. The fourth-order valence-corrected chi connectivity index (χ4v) is 11.6. The van der Waals surface area contributed by atoms with Crippen LogP contribution in [0.15, 0.2) is 210 Å². The van der Waals surface area contributed by atoms with E-state index in [2.05, 4.69) is 209 Å². The Morgan fingerprint density at radius 2 is 1.05 bits per heavy atom. The average molecular weight is 756 g/mol. The van der Waals surface area contributed by atoms with Gasteiger partial charge in [-0.1, -0.05) is 169 Å². The van der Waals surface area contributed by atoms with Crippen molar-refractivity contribution < 1.29 is 0 Å². The molecule has 1 unspecified atom stereocenters. The summed E-state index contributed by atoms with van der Waals surface area (Å²) in [6.45, 7) is 0. The molecule has 3 nitrogen and oxygen atoms in total. The third-order valence-corrected chi connectivity index (χ3v) is 13.8. The number of para-hydroxylation sites is 4. The number of nitrogens with zero attached hydrogens (tertiary/aromatic N) is 3. The summed E-state index contributed by atoms with van der Waals surface area (Å²) < 4.78 is 4.91. The van der Waals surface area contributed by atoms with Crippen molar-refractivity contribution >= 4 is 55.4 Å². The lowest BCUT2D eigenvalue weighted by atomic mass is 9.62. The number of hydrogen-bond donors (Lipinski definition) is 0. The van der Waals surface area contributed by atoms with Crippen molar-refractivity contribution in [3.05, 3.63) is 222 Å². The third-order valence-electron chi connectivity index (χ3n) is 12.6. The molecule has 5 heterocycles. The van der Waals surface area contributed by atoms with Crippen LogP contribution in [0, 0.1) is 0 Å². The Morgan fingerprint density at radius 3 is 1.88 bits per heavy atom. The van der Waals surface area contributed by atoms with Crippen LogP contribution < -0.4 is 0 Å². The molecule has 0 saturated carbocycles. The molecule has 0 bridgehead atoms. The van der Waals surface area contributed by atoms with E-state index in [1.54, 1.807) is 0 Å². The van der Waals surface area contributed by atoms with Crippen LogP contribution in [0.1, 0.15) is 22.3 Å². The molecule has 13 rings (SSSR count). The van der Waals surface area contributed by atoms with Crippen LogP contribution in [0.25, 0.3) is 77.5 Å². The van der Waals surface area contributed by atoms with E-state index in [0.717, 1.165) is 39.2 Å². The number of rotatable bonds is 3. The second kappa shape index (κ2) is 11.9. The van der Waals surface area contributed by atoms with Gasteiger partial charge >= 0.3 is 0 Å². The maximum absolute atomic E-state index is 5.46. The molecule has 1 spiro atoms. The maximum atomic E-state index is 5.46. The molecule has 0 saturated heterocycles. The summed E-state index contributed by atoms with van der Waals surface area (Å²) in [4.78, 5) is 8.04. The standard InChI is InChI=1S/C54H33N3S/c1-3-16-34(17-4-1)36-32-44(35-18-5-2-6-19-35)55-50(33-36)56-46-27-12-8-21-39(46)51-48(56)31-30-43-53(51)58-49-29-14-10-24-41(49)54(43)40-23-9-13-28-47(40)57-45-26-11-7-20-37(45)38-22-15-25-42(54)52(38)57/h1-33H. The summed E-state index contributed by atoms with van der Waals surface area (Å²) in [7, 11) is 0. The molecule has 2 aliphatic heterocycles. The van der Waals surface area contributed by atoms with Crippen molar-refractivity contribution in [2.24, 2.45) is 0 Å². The molecule has 11 aromatic rings. The van der Waals surface area contributed by atoms with Crippen LogP contribution in [0.4, 0.5) is 0 Å². The van der Waals surface area contributed by atoms with Crippen LogP contribution in [-0.4, -0.2) is 14.1 Å². The van der Waals surface area contributed by atoms with Crippen LogP contribution in [0.3, 0.4) is 0 Å². The number of hydrogen-bond acceptors (Lipinski definition) is 2. The zero-order valence-electron chi connectivity index (χ0n) is 31.3. The van der Waals surface area contributed by atoms with E-state index in [-0.39, 0.29) is 0 Å². The predicted molar refractivity (Wildman–Crippen MR) is 240 cm³/mol. The summed E-state index contributed by atoms with van der Waals surface area (Å²) in [5.74, 6) is 0.902. The predicted octanol–water partition coefficient (Wildman–Crippen LogP) is 13.8. The highest BCUT2D eigenvalue weighted by molar-refractivity contribution is 7.99. The van der Waals surface area contributed by atoms with Gasteiger partial charge in [-0.15, -0.1) is 0 Å². The molecule has 0 radical (unpaired) electrons. The van der Waals surface area contributed by atoms with E-state index < -0.39 is 5.41 Å². The summed E-state index contributed by atoms with van der Waals surface area (Å²) in [5, 5.41) is 5.05. The molecule has 0 amide bonds. The highest BCUT2D eigenvalue weighted by atomic mass is 32.2. The van der Waals surface area contributed by atoms with Crippen molar-refractivity contribution in [3.8, 4) is 33.9 Å². The minimum atomic E-state index is -0.555. The van der Waals surface area contributed by atoms with Crippen molar-refractivity contribution in [1.82, 2.24) is 14.1 Å². The van der Waals surface area contributed by atoms with Gasteiger partial charge in [0.1, 0.15) is 5.82 Å². The van der Waals surface area contributed by atoms with E-state index in [0.29, 0.717) is 0 Å². The van der Waals surface area contributed by atoms with Crippen LogP contribution in [0.5, 0.6) is 0 Å². The lowest BCUT2D eigenvalue weighted by molar-refractivity contribution is 0.692. The van der Waals surface area contributed by atoms with Gasteiger partial charge in [0.05, 0.1) is 38.9 Å². The Balaban J connectivity index is 1.16. The van der Waals surface area contributed by atoms with Gasteiger partial charge in [-0.3, -0.25) is 4.57 Å². The van der Waals surface area contributed by atoms with Gasteiger partial charge in [0, 0.05) is 36.9 Å². The zero-order valence-corrected chi connectivity index (χ0v) is 32.1. The number of fused-ring (bicyclic) bond motifs is 15. The second-order valence-corrected chi connectivity index (χ2v) is 16.5. The lowest BCUT2D eigenvalue weighted by Crippen LogP contribution is -2.37. The fourth-order valence-electron chi connectivity index (χ4n) is 10.3. The first kappa shape index (κ1) is 32.0. The van der Waals surface area contributed by atoms with Gasteiger partial charge in [-0.2, -0.15) is 0 Å². The fraction of sp³-hybridized carbons (Fsp3) is 0.0185. The third kappa shape index (κ3) is 4.17. The van der Waals surface area contributed by atoms with E-state index >= 15 is 0 Å². The highest BCUT2D eigenvalue weighted by Gasteiger charge is 2.50. The quantitative estimate of drug-likeness (QED) is 0.179. The monoisotopic (exact) mass is 755 g/mol. The minimum Gasteiger partial charge on any atom is -0.309 e. The van der Waals surface area contributed by atoms with Crippen molar-refractivity contribution in [2.45, 2.75) is 15.2 Å². The van der Waals surface area contributed by atoms with Crippen molar-refractivity contribution in [2.75, 3.05) is 0 Å². The van der Waals surface area contributed by atoms with E-state index in [4.69, 9.17) is 4.98 Å². The molecule has 3 aromatic heterocycles. The van der Waals surface area contributed by atoms with Gasteiger partial charge in [-0.05, 0) is 75.8 Å². The first-order chi connectivity index (χ1) is 28.8. The van der Waals surface area contributed by atoms with E-state index in [9.17, 15) is 0 Å². The van der Waals surface area contributed by atoms with Crippen LogP contribution >= 0.6 is 11.8 Å². The summed E-state index contributed by atoms with van der Waals surface area (Å²) in [6.07, 6.45) is 0. The summed E-state index contributed by atoms with van der Waals surface area (Å²) in [5.41, 5.74) is 15.1. The van der Waals surface area contributed by atoms with Crippen molar-refractivity contribution in [3.63, 3.8) is 0 Å². The highest BCUT2D eigenvalue weighted by Crippen LogP contribution is 2.62. The smallest absolute Gasteiger partial charge is 0.138 e. The Morgan fingerprint density at radius 1 is 0.414 bits per heavy atom. The van der Waals surface area contributed by atoms with Gasteiger partial charge < -0.3 is 4.57 Å². The molecule has 0 N–H and O–H groups in total. The molecular weight excluding hydrogens is 723 g/mol. The van der Waals surface area contributed by atoms with Crippen LogP contribution in [0.2, 0.25) is 0 Å². The molecule has 0 aliphatic carbocycles. The Labute approximate surface area is 339 Å². The lowest BCUT2D eigenvalue weighted by Gasteiger charge is -2.45. The van der Waals surface area contributed by atoms with Gasteiger partial charge in [0.15, 0.2) is 0 Å². The molecule has 8 aromatic carbocycles. The minimum absolute atomic E-state index is 0.555. The Kier molecular flexibility index (Phi) is 6.59. The maximum Gasteiger partial charge on any atom is 0.138 e. The van der Waals surface area contributed by atoms with Crippen LogP contribution in [-0.2, 0) is 5.41 Å². The largest absolute Gasteiger partial charge is 0.309 e. The van der Waals surface area contributed by atoms with E-state index in [1.165, 1.54) is 70.3 Å². The van der Waals surface area contributed by atoms with E-state index in [1.807, 2.05) is 11.8 Å². The van der Waals surface area contributed by atoms with Gasteiger partial charge in [0.2, 0.25) is 0 Å². The second-order valence-electron chi connectivity index (χ2n) is 15.4. The van der Waals surface area contributed by atoms with Gasteiger partial charge in [0.25, 0.3) is 0 Å². The molecule has 0 fully saturated rings. The first-order valence-corrected chi connectivity index (χ1v) is 20.7. The van der Waals surface area contributed by atoms with Gasteiger partial charge in [-0.25, -0.2) is 4.98 Å². The first-order valence-electron chi connectivity index (χ1n) is 19.9. The Bertz CT molecular complexity index is 3430. The van der Waals surface area contributed by atoms with Crippen molar-refractivity contribution in [1.29, 1.82) is 0 Å². The molecule has 4 heteroatoms. The molecule has 58 heavy (non-hydrogen) atoms. The molecular formula is C54H33N3S. The summed E-state index contributed by atoms with van der Waals surface area (Å²) >= 11 is 1.91.